The highest BCUT2D eigenvalue weighted by Crippen LogP contribution is 2.42. The molecule has 6 heteroatoms. The van der Waals surface area contributed by atoms with E-state index in [2.05, 4.69) is 10.4 Å². The minimum absolute atomic E-state index is 0.294. The molecular formula is C22H15N3O2S. The van der Waals surface area contributed by atoms with Crippen molar-refractivity contribution in [3.8, 4) is 16.8 Å². The van der Waals surface area contributed by atoms with E-state index in [4.69, 9.17) is 0 Å². The quantitative estimate of drug-likeness (QED) is 0.504. The standard InChI is InChI=1S/C22H15N3O2S/c26-22(24-18-10-2-3-11-19(18)25-14-6-13-23-25)17-9-5-8-16-15-7-1-4-12-20(15)28(27)21(16)17/h1-14H,(H,24,26). The van der Waals surface area contributed by atoms with Gasteiger partial charge in [-0.05, 0) is 35.9 Å². The zero-order valence-corrected chi connectivity index (χ0v) is 15.5. The summed E-state index contributed by atoms with van der Waals surface area (Å²) in [5.41, 5.74) is 3.58. The number of nitrogens with one attached hydrogen (secondary N) is 1. The van der Waals surface area contributed by atoms with Crippen molar-refractivity contribution in [2.75, 3.05) is 5.32 Å². The van der Waals surface area contributed by atoms with Crippen LogP contribution in [0.4, 0.5) is 5.69 Å². The maximum absolute atomic E-state index is 13.1. The van der Waals surface area contributed by atoms with Gasteiger partial charge in [-0.3, -0.25) is 4.79 Å². The number of hydrogen-bond acceptors (Lipinski definition) is 3. The molecule has 0 fully saturated rings. The maximum atomic E-state index is 13.1. The van der Waals surface area contributed by atoms with Crippen molar-refractivity contribution >= 4 is 22.4 Å². The molecule has 0 bridgehead atoms. The lowest BCUT2D eigenvalue weighted by Gasteiger charge is -2.12. The number of benzene rings is 3. The third-order valence-corrected chi connectivity index (χ3v) is 6.29. The Labute approximate surface area is 164 Å². The molecule has 1 aliphatic heterocycles. The van der Waals surface area contributed by atoms with Gasteiger partial charge < -0.3 is 5.32 Å². The van der Waals surface area contributed by atoms with Gasteiger partial charge in [0, 0.05) is 18.0 Å². The van der Waals surface area contributed by atoms with Crippen LogP contribution in [0.15, 0.2) is 95.0 Å². The molecule has 1 unspecified atom stereocenters. The van der Waals surface area contributed by atoms with Crippen LogP contribution < -0.4 is 5.32 Å². The smallest absolute Gasteiger partial charge is 0.256 e. The minimum atomic E-state index is -1.38. The van der Waals surface area contributed by atoms with Gasteiger partial charge in [-0.15, -0.1) is 0 Å². The largest absolute Gasteiger partial charge is 0.320 e. The van der Waals surface area contributed by atoms with E-state index in [-0.39, 0.29) is 5.91 Å². The van der Waals surface area contributed by atoms with Gasteiger partial charge >= 0.3 is 0 Å². The first-order chi connectivity index (χ1) is 13.7. The molecule has 1 aliphatic rings. The van der Waals surface area contributed by atoms with Gasteiger partial charge in [0.1, 0.15) is 0 Å². The van der Waals surface area contributed by atoms with Crippen LogP contribution in [-0.4, -0.2) is 19.9 Å². The van der Waals surface area contributed by atoms with E-state index in [1.807, 2.05) is 72.9 Å². The van der Waals surface area contributed by atoms with Crippen molar-refractivity contribution in [2.24, 2.45) is 0 Å². The molecule has 3 aromatic carbocycles. The summed E-state index contributed by atoms with van der Waals surface area (Å²) in [4.78, 5) is 14.4. The van der Waals surface area contributed by atoms with E-state index in [0.717, 1.165) is 21.7 Å². The third-order valence-electron chi connectivity index (χ3n) is 4.73. The summed E-state index contributed by atoms with van der Waals surface area (Å²) >= 11 is 0. The van der Waals surface area contributed by atoms with Crippen LogP contribution in [0, 0.1) is 0 Å². The average Bonchev–Trinajstić information content (AvgIpc) is 3.36. The van der Waals surface area contributed by atoms with E-state index >= 15 is 0 Å². The fourth-order valence-electron chi connectivity index (χ4n) is 3.47. The zero-order valence-electron chi connectivity index (χ0n) is 14.7. The van der Waals surface area contributed by atoms with Gasteiger partial charge in [0.15, 0.2) is 0 Å². The molecule has 1 atom stereocenters. The van der Waals surface area contributed by atoms with E-state index in [1.54, 1.807) is 16.9 Å². The Morgan fingerprint density at radius 3 is 2.54 bits per heavy atom. The SMILES string of the molecule is O=C(Nc1ccccc1-n1cccn1)c1cccc2c1S(=O)c1ccccc1-2. The van der Waals surface area contributed by atoms with E-state index in [9.17, 15) is 9.00 Å². The van der Waals surface area contributed by atoms with Crippen molar-refractivity contribution < 1.29 is 9.00 Å². The van der Waals surface area contributed by atoms with Gasteiger partial charge in [-0.2, -0.15) is 5.10 Å². The Morgan fingerprint density at radius 1 is 0.893 bits per heavy atom. The van der Waals surface area contributed by atoms with E-state index in [1.165, 1.54) is 0 Å². The topological polar surface area (TPSA) is 64.0 Å². The van der Waals surface area contributed by atoms with Crippen LogP contribution in [0.2, 0.25) is 0 Å². The number of para-hydroxylation sites is 2. The van der Waals surface area contributed by atoms with E-state index in [0.29, 0.717) is 16.1 Å². The van der Waals surface area contributed by atoms with Gasteiger partial charge in [-0.25, -0.2) is 8.89 Å². The Bertz CT molecular complexity index is 1230. The third kappa shape index (κ3) is 2.58. The molecule has 5 nitrogen and oxygen atoms in total. The normalized spacial score (nSPS) is 14.4. The first-order valence-electron chi connectivity index (χ1n) is 8.78. The second kappa shape index (κ2) is 6.58. The number of hydrogen-bond donors (Lipinski definition) is 1. The second-order valence-electron chi connectivity index (χ2n) is 6.37. The van der Waals surface area contributed by atoms with Gasteiger partial charge in [0.05, 0.1) is 37.5 Å². The molecule has 0 radical (unpaired) electrons. The molecule has 1 N–H and O–H groups in total. The molecule has 2 heterocycles. The second-order valence-corrected chi connectivity index (χ2v) is 7.75. The Morgan fingerprint density at radius 2 is 1.68 bits per heavy atom. The van der Waals surface area contributed by atoms with Crippen LogP contribution in [0.1, 0.15) is 10.4 Å². The highest BCUT2D eigenvalue weighted by atomic mass is 32.2. The Hall–Kier alpha value is -3.51. The fourth-order valence-corrected chi connectivity index (χ4v) is 5.01. The van der Waals surface area contributed by atoms with Gasteiger partial charge in [0.2, 0.25) is 0 Å². The maximum Gasteiger partial charge on any atom is 0.256 e. The summed E-state index contributed by atoms with van der Waals surface area (Å²) < 4.78 is 14.7. The molecule has 136 valence electrons. The highest BCUT2D eigenvalue weighted by Gasteiger charge is 2.30. The average molecular weight is 385 g/mol. The van der Waals surface area contributed by atoms with Crippen molar-refractivity contribution in [1.29, 1.82) is 0 Å². The Balaban J connectivity index is 1.55. The summed E-state index contributed by atoms with van der Waals surface area (Å²) in [6.45, 7) is 0. The summed E-state index contributed by atoms with van der Waals surface area (Å²) in [7, 11) is -1.38. The molecule has 4 aromatic rings. The van der Waals surface area contributed by atoms with Crippen molar-refractivity contribution in [3.63, 3.8) is 0 Å². The molecule has 1 amide bonds. The lowest BCUT2D eigenvalue weighted by molar-refractivity contribution is 0.102. The number of carbonyl (C=O) groups is 1. The molecular weight excluding hydrogens is 370 g/mol. The fraction of sp³-hybridized carbons (Fsp3) is 0. The van der Waals surface area contributed by atoms with Gasteiger partial charge in [-0.1, -0.05) is 42.5 Å². The molecule has 0 spiro atoms. The molecule has 0 saturated carbocycles. The zero-order chi connectivity index (χ0) is 19.1. The summed E-state index contributed by atoms with van der Waals surface area (Å²) in [6.07, 6.45) is 3.50. The number of rotatable bonds is 3. The summed E-state index contributed by atoms with van der Waals surface area (Å²) in [6, 6.07) is 22.3. The molecule has 0 aliphatic carbocycles. The highest BCUT2D eigenvalue weighted by molar-refractivity contribution is 7.86. The predicted octanol–water partition coefficient (Wildman–Crippen LogP) is 4.27. The van der Waals surface area contributed by atoms with Crippen LogP contribution in [0.25, 0.3) is 16.8 Å². The van der Waals surface area contributed by atoms with Crippen LogP contribution in [0.5, 0.6) is 0 Å². The van der Waals surface area contributed by atoms with Crippen LogP contribution >= 0.6 is 0 Å². The molecule has 5 rings (SSSR count). The number of fused-ring (bicyclic) bond motifs is 3. The first-order valence-corrected chi connectivity index (χ1v) is 9.93. The Kier molecular flexibility index (Phi) is 3.91. The van der Waals surface area contributed by atoms with Gasteiger partial charge in [0.25, 0.3) is 5.91 Å². The molecule has 0 saturated heterocycles. The minimum Gasteiger partial charge on any atom is -0.320 e. The first kappa shape index (κ1) is 16.6. The summed E-state index contributed by atoms with van der Waals surface area (Å²) in [5, 5.41) is 7.20. The van der Waals surface area contributed by atoms with Crippen molar-refractivity contribution in [2.45, 2.75) is 9.79 Å². The predicted molar refractivity (Wildman–Crippen MR) is 108 cm³/mol. The lowest BCUT2D eigenvalue weighted by atomic mass is 10.0. The van der Waals surface area contributed by atoms with Crippen molar-refractivity contribution in [3.05, 3.63) is 90.8 Å². The number of anilines is 1. The molecule has 28 heavy (non-hydrogen) atoms. The number of carbonyl (C=O) groups excluding carboxylic acids is 1. The lowest BCUT2D eigenvalue weighted by Crippen LogP contribution is -2.16. The van der Waals surface area contributed by atoms with Crippen LogP contribution in [0.3, 0.4) is 0 Å². The van der Waals surface area contributed by atoms with Crippen LogP contribution in [-0.2, 0) is 10.8 Å². The van der Waals surface area contributed by atoms with Crippen molar-refractivity contribution in [1.82, 2.24) is 9.78 Å². The molecule has 1 aromatic heterocycles. The van der Waals surface area contributed by atoms with E-state index < -0.39 is 10.8 Å². The number of amides is 1. The monoisotopic (exact) mass is 385 g/mol. The number of nitrogens with zero attached hydrogens (tertiary/aromatic N) is 2. The number of aromatic nitrogens is 2. The summed E-state index contributed by atoms with van der Waals surface area (Å²) in [5.74, 6) is -0.294.